The third kappa shape index (κ3) is 4.52. The first-order valence-corrected chi connectivity index (χ1v) is 6.85. The van der Waals surface area contributed by atoms with Crippen molar-refractivity contribution < 1.29 is 9.47 Å². The molecule has 0 atom stereocenters. The largest absolute Gasteiger partial charge is 0.492 e. The van der Waals surface area contributed by atoms with Crippen molar-refractivity contribution in [3.63, 3.8) is 0 Å². The van der Waals surface area contributed by atoms with Crippen LogP contribution in [0, 0.1) is 0 Å². The summed E-state index contributed by atoms with van der Waals surface area (Å²) in [6.07, 6.45) is 1.44. The van der Waals surface area contributed by atoms with E-state index in [0.717, 1.165) is 5.75 Å². The lowest BCUT2D eigenvalue weighted by molar-refractivity contribution is 0.234. The van der Waals surface area contributed by atoms with Crippen molar-refractivity contribution in [2.24, 2.45) is 0 Å². The summed E-state index contributed by atoms with van der Waals surface area (Å²) in [6.45, 7) is 4.93. The molecule has 21 heavy (non-hydrogen) atoms. The van der Waals surface area contributed by atoms with Crippen molar-refractivity contribution in [3.05, 3.63) is 36.7 Å². The number of nitrogen functional groups attached to an aromatic ring is 1. The third-order valence-corrected chi connectivity index (χ3v) is 2.60. The van der Waals surface area contributed by atoms with Crippen molar-refractivity contribution in [1.29, 1.82) is 0 Å². The molecule has 1 heterocycles. The van der Waals surface area contributed by atoms with Gasteiger partial charge in [0.2, 0.25) is 5.88 Å². The molecule has 0 saturated heterocycles. The van der Waals surface area contributed by atoms with E-state index < -0.39 is 0 Å². The van der Waals surface area contributed by atoms with E-state index in [2.05, 4.69) is 15.3 Å². The molecule has 0 aliphatic heterocycles. The van der Waals surface area contributed by atoms with Crippen LogP contribution < -0.4 is 20.5 Å². The number of ether oxygens (including phenoxy) is 2. The second-order valence-corrected chi connectivity index (χ2v) is 4.70. The van der Waals surface area contributed by atoms with Gasteiger partial charge in [0.05, 0.1) is 12.6 Å². The average Bonchev–Trinajstić information content (AvgIpc) is 2.48. The number of nitrogens with zero attached hydrogens (tertiary/aromatic N) is 2. The third-order valence-electron chi connectivity index (χ3n) is 2.60. The molecule has 3 N–H and O–H groups in total. The molecule has 0 unspecified atom stereocenters. The molecule has 2 aromatic rings. The van der Waals surface area contributed by atoms with E-state index in [4.69, 9.17) is 15.2 Å². The molecule has 6 nitrogen and oxygen atoms in total. The van der Waals surface area contributed by atoms with Crippen LogP contribution in [0.15, 0.2) is 36.7 Å². The highest BCUT2D eigenvalue weighted by atomic mass is 16.5. The van der Waals surface area contributed by atoms with Gasteiger partial charge in [0.1, 0.15) is 24.4 Å². The quantitative estimate of drug-likeness (QED) is 0.761. The standard InChI is InChI=1S/C15H20N4O2/c1-11(2)21-15-13(16)14(18-10-19-15)17-8-9-20-12-6-4-3-5-7-12/h3-7,10-11H,8-9,16H2,1-2H3,(H,17,18,19). The Morgan fingerprint density at radius 3 is 2.67 bits per heavy atom. The molecule has 1 aromatic heterocycles. The topological polar surface area (TPSA) is 82.3 Å². The van der Waals surface area contributed by atoms with Crippen LogP contribution in [0.2, 0.25) is 0 Å². The van der Waals surface area contributed by atoms with E-state index in [-0.39, 0.29) is 6.10 Å². The van der Waals surface area contributed by atoms with Crippen molar-refractivity contribution in [3.8, 4) is 11.6 Å². The minimum Gasteiger partial charge on any atom is -0.492 e. The van der Waals surface area contributed by atoms with Crippen LogP contribution in [0.1, 0.15) is 13.8 Å². The first-order chi connectivity index (χ1) is 10.2. The Morgan fingerprint density at radius 2 is 1.95 bits per heavy atom. The van der Waals surface area contributed by atoms with Crippen molar-refractivity contribution in [2.75, 3.05) is 24.2 Å². The van der Waals surface area contributed by atoms with Crippen LogP contribution in [0.5, 0.6) is 11.6 Å². The Hall–Kier alpha value is -2.50. The van der Waals surface area contributed by atoms with Crippen molar-refractivity contribution in [1.82, 2.24) is 9.97 Å². The molecule has 2 rings (SSSR count). The number of benzene rings is 1. The van der Waals surface area contributed by atoms with Gasteiger partial charge >= 0.3 is 0 Å². The van der Waals surface area contributed by atoms with E-state index in [1.54, 1.807) is 0 Å². The van der Waals surface area contributed by atoms with Gasteiger partial charge in [0.15, 0.2) is 5.82 Å². The van der Waals surface area contributed by atoms with Crippen LogP contribution in [0.25, 0.3) is 0 Å². The Balaban J connectivity index is 1.85. The summed E-state index contributed by atoms with van der Waals surface area (Å²) in [5.41, 5.74) is 6.38. The Kier molecular flexibility index (Phi) is 5.20. The average molecular weight is 288 g/mol. The van der Waals surface area contributed by atoms with Crippen LogP contribution in [0.3, 0.4) is 0 Å². The number of rotatable bonds is 7. The fraction of sp³-hybridized carbons (Fsp3) is 0.333. The molecular formula is C15H20N4O2. The van der Waals surface area contributed by atoms with Gasteiger partial charge in [0.25, 0.3) is 0 Å². The van der Waals surface area contributed by atoms with Crippen LogP contribution in [0.4, 0.5) is 11.5 Å². The smallest absolute Gasteiger partial charge is 0.242 e. The summed E-state index contributed by atoms with van der Waals surface area (Å²) >= 11 is 0. The molecular weight excluding hydrogens is 268 g/mol. The normalized spacial score (nSPS) is 10.4. The minimum absolute atomic E-state index is 0.0106. The molecule has 6 heteroatoms. The van der Waals surface area contributed by atoms with E-state index in [9.17, 15) is 0 Å². The zero-order chi connectivity index (χ0) is 15.1. The highest BCUT2D eigenvalue weighted by Crippen LogP contribution is 2.25. The first kappa shape index (κ1) is 14.9. The van der Waals surface area contributed by atoms with Gasteiger partial charge in [-0.25, -0.2) is 4.98 Å². The number of nitrogens with two attached hydrogens (primary N) is 1. The molecule has 0 fully saturated rings. The monoisotopic (exact) mass is 288 g/mol. The van der Waals surface area contributed by atoms with Crippen molar-refractivity contribution in [2.45, 2.75) is 20.0 Å². The summed E-state index contributed by atoms with van der Waals surface area (Å²) in [6, 6.07) is 9.63. The maximum Gasteiger partial charge on any atom is 0.242 e. The van der Waals surface area contributed by atoms with Gasteiger partial charge in [0, 0.05) is 0 Å². The maximum atomic E-state index is 5.97. The summed E-state index contributed by atoms with van der Waals surface area (Å²) in [5, 5.41) is 3.12. The van der Waals surface area contributed by atoms with E-state index in [0.29, 0.717) is 30.5 Å². The molecule has 0 radical (unpaired) electrons. The number of para-hydroxylation sites is 1. The molecule has 0 amide bonds. The van der Waals surface area contributed by atoms with Gasteiger partial charge in [-0.2, -0.15) is 4.98 Å². The Bertz CT molecular complexity index is 561. The predicted octanol–water partition coefficient (Wildman–Crippen LogP) is 2.34. The summed E-state index contributed by atoms with van der Waals surface area (Å²) < 4.78 is 11.1. The highest BCUT2D eigenvalue weighted by molar-refractivity contribution is 5.66. The lowest BCUT2D eigenvalue weighted by Crippen LogP contribution is -2.15. The molecule has 0 bridgehead atoms. The summed E-state index contributed by atoms with van der Waals surface area (Å²) in [7, 11) is 0. The molecule has 1 aromatic carbocycles. The molecule has 0 spiro atoms. The second-order valence-electron chi connectivity index (χ2n) is 4.70. The first-order valence-electron chi connectivity index (χ1n) is 6.85. The lowest BCUT2D eigenvalue weighted by Gasteiger charge is -2.13. The summed E-state index contributed by atoms with van der Waals surface area (Å²) in [4.78, 5) is 8.13. The lowest BCUT2D eigenvalue weighted by atomic mass is 10.3. The second kappa shape index (κ2) is 7.33. The maximum absolute atomic E-state index is 5.97. The predicted molar refractivity (Wildman–Crippen MR) is 82.6 cm³/mol. The summed E-state index contributed by atoms with van der Waals surface area (Å²) in [5.74, 6) is 1.78. The van der Waals surface area contributed by atoms with Gasteiger partial charge in [-0.05, 0) is 26.0 Å². The molecule has 112 valence electrons. The zero-order valence-electron chi connectivity index (χ0n) is 12.2. The van der Waals surface area contributed by atoms with Gasteiger partial charge < -0.3 is 20.5 Å². The van der Waals surface area contributed by atoms with Gasteiger partial charge in [-0.15, -0.1) is 0 Å². The van der Waals surface area contributed by atoms with E-state index in [1.807, 2.05) is 44.2 Å². The molecule has 0 aliphatic rings. The van der Waals surface area contributed by atoms with Gasteiger partial charge in [-0.1, -0.05) is 18.2 Å². The molecule has 0 saturated carbocycles. The van der Waals surface area contributed by atoms with Crippen LogP contribution in [-0.4, -0.2) is 29.2 Å². The molecule has 0 aliphatic carbocycles. The number of anilines is 2. The number of nitrogens with one attached hydrogen (secondary N) is 1. The highest BCUT2D eigenvalue weighted by Gasteiger charge is 2.10. The van der Waals surface area contributed by atoms with Crippen LogP contribution >= 0.6 is 0 Å². The van der Waals surface area contributed by atoms with E-state index >= 15 is 0 Å². The minimum atomic E-state index is 0.0106. The number of hydrogen-bond donors (Lipinski definition) is 2. The number of aromatic nitrogens is 2. The fourth-order valence-corrected chi connectivity index (χ4v) is 1.69. The van der Waals surface area contributed by atoms with Crippen LogP contribution in [-0.2, 0) is 0 Å². The number of hydrogen-bond acceptors (Lipinski definition) is 6. The zero-order valence-corrected chi connectivity index (χ0v) is 12.2. The fourth-order valence-electron chi connectivity index (χ4n) is 1.69. The van der Waals surface area contributed by atoms with Gasteiger partial charge in [-0.3, -0.25) is 0 Å². The Labute approximate surface area is 124 Å². The Morgan fingerprint density at radius 1 is 1.19 bits per heavy atom. The van der Waals surface area contributed by atoms with Crippen molar-refractivity contribution >= 4 is 11.5 Å². The SMILES string of the molecule is CC(C)Oc1ncnc(NCCOc2ccccc2)c1N. The van der Waals surface area contributed by atoms with E-state index in [1.165, 1.54) is 6.33 Å².